The molecule has 0 spiro atoms. The van der Waals surface area contributed by atoms with Crippen molar-refractivity contribution in [3.8, 4) is 0 Å². The van der Waals surface area contributed by atoms with E-state index in [-0.39, 0.29) is 46.4 Å². The van der Waals surface area contributed by atoms with Crippen molar-refractivity contribution < 1.29 is 36.8 Å². The molecule has 1 aliphatic heterocycles. The van der Waals surface area contributed by atoms with Gasteiger partial charge in [0.15, 0.2) is 5.82 Å². The van der Waals surface area contributed by atoms with E-state index in [0.717, 1.165) is 4.88 Å². The molecule has 0 bridgehead atoms. The molecule has 4 heterocycles. The van der Waals surface area contributed by atoms with E-state index in [2.05, 4.69) is 36.3 Å². The van der Waals surface area contributed by atoms with Crippen molar-refractivity contribution in [3.63, 3.8) is 0 Å². The van der Waals surface area contributed by atoms with E-state index in [1.807, 2.05) is 17.5 Å². The van der Waals surface area contributed by atoms with E-state index in [1.165, 1.54) is 53.7 Å². The molecule has 4 N–H and O–H groups in total. The van der Waals surface area contributed by atoms with Crippen molar-refractivity contribution in [2.75, 3.05) is 17.3 Å². The first kappa shape index (κ1) is 32.8. The van der Waals surface area contributed by atoms with Gasteiger partial charge in [0.25, 0.3) is 11.8 Å². The Hall–Kier alpha value is -5.16. The average Bonchev–Trinajstić information content (AvgIpc) is 3.86. The second-order valence-corrected chi connectivity index (χ2v) is 12.3. The lowest BCUT2D eigenvalue weighted by molar-refractivity contribution is -0.213. The van der Waals surface area contributed by atoms with Gasteiger partial charge in [-0.05, 0) is 36.6 Å². The Kier molecular flexibility index (Phi) is 8.74. The van der Waals surface area contributed by atoms with Crippen LogP contribution in [0.3, 0.4) is 0 Å². The summed E-state index contributed by atoms with van der Waals surface area (Å²) in [5.41, 5.74) is 0.787. The van der Waals surface area contributed by atoms with Gasteiger partial charge in [-0.3, -0.25) is 14.7 Å². The molecule has 13 nitrogen and oxygen atoms in total. The minimum absolute atomic E-state index is 0.00994. The van der Waals surface area contributed by atoms with Gasteiger partial charge in [0, 0.05) is 41.8 Å². The van der Waals surface area contributed by atoms with Gasteiger partial charge >= 0.3 is 12.1 Å². The SMILES string of the molecule is CNC(=O)c1cc2c(cc1Cl)N(C(C)CC(=O)NCc1nc(Cc3cccs3)no1)[C@](OC(=O)C(F)(F)F)(c1ccc3cn[nH]c3c1)N2. The molecule has 0 aliphatic carbocycles. The minimum Gasteiger partial charge on any atom is -0.409 e. The summed E-state index contributed by atoms with van der Waals surface area (Å²) < 4.78 is 52.0. The number of anilines is 2. The monoisotopic (exact) mass is 702 g/mol. The van der Waals surface area contributed by atoms with Gasteiger partial charge in [-0.2, -0.15) is 23.3 Å². The highest BCUT2D eigenvalue weighted by atomic mass is 35.5. The molecule has 0 saturated heterocycles. The highest BCUT2D eigenvalue weighted by Crippen LogP contribution is 2.50. The number of aromatic amines is 1. The quantitative estimate of drug-likeness (QED) is 0.148. The fourth-order valence-electron chi connectivity index (χ4n) is 5.42. The molecule has 0 saturated carbocycles. The van der Waals surface area contributed by atoms with Crippen molar-refractivity contribution in [1.29, 1.82) is 0 Å². The Morgan fingerprint density at radius 2 is 2.02 bits per heavy atom. The largest absolute Gasteiger partial charge is 0.491 e. The lowest BCUT2D eigenvalue weighted by Gasteiger charge is -2.42. The Balaban J connectivity index is 1.34. The molecule has 3 aromatic heterocycles. The van der Waals surface area contributed by atoms with Crippen LogP contribution in [0.15, 0.2) is 58.6 Å². The summed E-state index contributed by atoms with van der Waals surface area (Å²) in [5, 5.41) is 21.2. The first-order chi connectivity index (χ1) is 22.9. The van der Waals surface area contributed by atoms with Crippen LogP contribution in [0.25, 0.3) is 10.9 Å². The van der Waals surface area contributed by atoms with Crippen molar-refractivity contribution in [3.05, 3.63) is 86.8 Å². The number of nitrogens with zero attached hydrogens (tertiary/aromatic N) is 4. The topological polar surface area (TPSA) is 167 Å². The number of fused-ring (bicyclic) bond motifs is 2. The van der Waals surface area contributed by atoms with Crippen molar-refractivity contribution in [1.82, 2.24) is 31.0 Å². The molecule has 1 aliphatic rings. The number of rotatable bonds is 10. The minimum atomic E-state index is -5.38. The van der Waals surface area contributed by atoms with Crippen LogP contribution in [0.5, 0.6) is 0 Å². The molecule has 2 amide bonds. The molecule has 2 aromatic carbocycles. The third-order valence-corrected chi connectivity index (χ3v) is 8.74. The number of nitrogens with one attached hydrogen (secondary N) is 4. The number of esters is 1. The Bertz CT molecular complexity index is 2000. The van der Waals surface area contributed by atoms with E-state index in [4.69, 9.17) is 20.9 Å². The standard InChI is InChI=1S/C30H26ClF3N8O5S/c1-15(8-25(43)36-14-26-38-24(41-47-26)10-18-4-3-7-48-18)42-23-12-20(31)19(27(44)35-2)11-22(23)39-30(42,46-28(45)29(32,33)34)17-6-5-16-13-37-40-21(16)9-17/h3-7,9,11-13,15,39H,8,10,14H2,1-2H3,(H,35,44)(H,36,43)(H,37,40)/t15?,30-/m0/s1. The number of amides is 2. The van der Waals surface area contributed by atoms with Crippen molar-refractivity contribution >= 4 is 63.0 Å². The fourth-order valence-corrected chi connectivity index (χ4v) is 6.37. The smallest absolute Gasteiger partial charge is 0.409 e. The summed E-state index contributed by atoms with van der Waals surface area (Å²) in [4.78, 5) is 45.0. The number of hydrogen-bond donors (Lipinski definition) is 4. The number of thiophene rings is 1. The average molecular weight is 703 g/mol. The van der Waals surface area contributed by atoms with Gasteiger partial charge in [0.05, 0.1) is 40.2 Å². The van der Waals surface area contributed by atoms with Crippen molar-refractivity contribution in [2.45, 2.75) is 44.4 Å². The van der Waals surface area contributed by atoms with E-state index in [1.54, 1.807) is 13.0 Å². The molecular formula is C30H26ClF3N8O5S. The third-order valence-electron chi connectivity index (χ3n) is 7.55. The zero-order valence-corrected chi connectivity index (χ0v) is 26.7. The number of aromatic nitrogens is 4. The number of carbonyl (C=O) groups excluding carboxylic acids is 3. The van der Waals surface area contributed by atoms with Gasteiger partial charge in [-0.1, -0.05) is 35.0 Å². The maximum atomic E-state index is 13.8. The van der Waals surface area contributed by atoms with Crippen LogP contribution in [-0.2, 0) is 33.1 Å². The first-order valence-corrected chi connectivity index (χ1v) is 15.6. The molecule has 0 fully saturated rings. The lowest BCUT2D eigenvalue weighted by Crippen LogP contribution is -2.56. The Labute approximate surface area is 278 Å². The molecule has 250 valence electrons. The number of halogens is 4. The van der Waals surface area contributed by atoms with Gasteiger partial charge in [-0.25, -0.2) is 4.79 Å². The molecule has 18 heteroatoms. The maximum Gasteiger partial charge on any atom is 0.491 e. The van der Waals surface area contributed by atoms with E-state index >= 15 is 0 Å². The lowest BCUT2D eigenvalue weighted by atomic mass is 10.0. The number of alkyl halides is 3. The van der Waals surface area contributed by atoms with Gasteiger partial charge in [0.1, 0.15) is 0 Å². The highest BCUT2D eigenvalue weighted by Gasteiger charge is 2.55. The number of benzene rings is 2. The summed E-state index contributed by atoms with van der Waals surface area (Å²) >= 11 is 8.02. The predicted molar refractivity (Wildman–Crippen MR) is 168 cm³/mol. The van der Waals surface area contributed by atoms with Crippen LogP contribution >= 0.6 is 22.9 Å². The number of carbonyl (C=O) groups is 3. The third kappa shape index (κ3) is 6.37. The summed E-state index contributed by atoms with van der Waals surface area (Å²) in [6, 6.07) is 10.1. The molecule has 2 atom stereocenters. The normalized spacial score (nSPS) is 16.3. The molecular weight excluding hydrogens is 677 g/mol. The van der Waals surface area contributed by atoms with E-state index in [9.17, 15) is 27.6 Å². The molecule has 5 aromatic rings. The molecule has 6 rings (SSSR count). The van der Waals surface area contributed by atoms with Crippen molar-refractivity contribution in [2.24, 2.45) is 0 Å². The summed E-state index contributed by atoms with van der Waals surface area (Å²) in [5.74, 6) is -5.35. The van der Waals surface area contributed by atoms with Crippen LogP contribution < -0.4 is 20.9 Å². The highest BCUT2D eigenvalue weighted by molar-refractivity contribution is 7.09. The summed E-state index contributed by atoms with van der Waals surface area (Å²) in [6.45, 7) is 1.46. The van der Waals surface area contributed by atoms with Crippen LogP contribution in [0.2, 0.25) is 5.02 Å². The Morgan fingerprint density at radius 3 is 2.75 bits per heavy atom. The van der Waals surface area contributed by atoms with E-state index in [0.29, 0.717) is 23.1 Å². The molecule has 0 radical (unpaired) electrons. The second-order valence-electron chi connectivity index (χ2n) is 10.8. The zero-order valence-electron chi connectivity index (χ0n) is 25.1. The second kappa shape index (κ2) is 12.8. The maximum absolute atomic E-state index is 13.8. The number of ether oxygens (including phenoxy) is 1. The number of hydrogen-bond acceptors (Lipinski definition) is 11. The van der Waals surface area contributed by atoms with Gasteiger partial charge < -0.3 is 30.1 Å². The van der Waals surface area contributed by atoms with Crippen LogP contribution in [-0.4, -0.2) is 57.4 Å². The van der Waals surface area contributed by atoms with Crippen LogP contribution in [0.4, 0.5) is 24.5 Å². The van der Waals surface area contributed by atoms with Gasteiger partial charge in [0.2, 0.25) is 11.8 Å². The zero-order chi connectivity index (χ0) is 34.2. The molecule has 48 heavy (non-hydrogen) atoms. The summed E-state index contributed by atoms with van der Waals surface area (Å²) in [6.07, 6.45) is -3.71. The number of H-pyrrole nitrogens is 1. The van der Waals surface area contributed by atoms with Gasteiger partial charge in [-0.15, -0.1) is 11.3 Å². The first-order valence-electron chi connectivity index (χ1n) is 14.4. The van der Waals surface area contributed by atoms with Crippen LogP contribution in [0, 0.1) is 0 Å². The molecule has 1 unspecified atom stereocenters. The van der Waals surface area contributed by atoms with E-state index < -0.39 is 35.9 Å². The fraction of sp³-hybridized carbons (Fsp3) is 0.267. The van der Waals surface area contributed by atoms with Crippen LogP contribution in [0.1, 0.15) is 45.9 Å². The predicted octanol–water partition coefficient (Wildman–Crippen LogP) is 4.85. The summed E-state index contributed by atoms with van der Waals surface area (Å²) in [7, 11) is 1.39. The Morgan fingerprint density at radius 1 is 1.21 bits per heavy atom.